The summed E-state index contributed by atoms with van der Waals surface area (Å²) in [4.78, 5) is 23.0. The Balaban J connectivity index is 3.19. The van der Waals surface area contributed by atoms with Gasteiger partial charge in [-0.1, -0.05) is 18.2 Å². The van der Waals surface area contributed by atoms with Crippen LogP contribution in [0.1, 0.15) is 22.0 Å². The van der Waals surface area contributed by atoms with E-state index in [0.717, 1.165) is 0 Å². The lowest BCUT2D eigenvalue weighted by atomic mass is 10.0. The number of esters is 2. The van der Waals surface area contributed by atoms with E-state index in [4.69, 9.17) is 4.74 Å². The van der Waals surface area contributed by atoms with E-state index in [0.29, 0.717) is 5.56 Å². The predicted octanol–water partition coefficient (Wildman–Crippen LogP) is 1.33. The first-order chi connectivity index (χ1) is 8.15. The second kappa shape index (κ2) is 6.00. The van der Waals surface area contributed by atoms with Gasteiger partial charge in [-0.05, 0) is 6.07 Å². The molecule has 1 aromatic carbocycles. The Kier molecular flexibility index (Phi) is 4.66. The first kappa shape index (κ1) is 13.2. The number of ether oxygens (including phenoxy) is 3. The van der Waals surface area contributed by atoms with Gasteiger partial charge in [-0.15, -0.1) is 0 Å². The van der Waals surface area contributed by atoms with Crippen molar-refractivity contribution in [3.63, 3.8) is 0 Å². The molecule has 0 heterocycles. The highest BCUT2D eigenvalue weighted by Crippen LogP contribution is 2.22. The van der Waals surface area contributed by atoms with Gasteiger partial charge in [0.25, 0.3) is 0 Å². The van der Waals surface area contributed by atoms with Gasteiger partial charge in [0.1, 0.15) is 0 Å². The highest BCUT2D eigenvalue weighted by Gasteiger charge is 2.25. The molecular formula is C12H14O5. The molecule has 0 aliphatic rings. The predicted molar refractivity (Wildman–Crippen MR) is 59.5 cm³/mol. The van der Waals surface area contributed by atoms with Crippen LogP contribution in [-0.2, 0) is 19.0 Å². The van der Waals surface area contributed by atoms with Crippen molar-refractivity contribution in [1.29, 1.82) is 0 Å². The van der Waals surface area contributed by atoms with Crippen molar-refractivity contribution in [2.24, 2.45) is 0 Å². The average Bonchev–Trinajstić information content (AvgIpc) is 2.39. The van der Waals surface area contributed by atoms with E-state index in [1.54, 1.807) is 24.3 Å². The highest BCUT2D eigenvalue weighted by molar-refractivity contribution is 5.93. The van der Waals surface area contributed by atoms with Gasteiger partial charge < -0.3 is 14.2 Å². The molecule has 5 nitrogen and oxygen atoms in total. The number of rotatable bonds is 4. The van der Waals surface area contributed by atoms with Gasteiger partial charge in [0.2, 0.25) is 0 Å². The van der Waals surface area contributed by atoms with Crippen molar-refractivity contribution in [3.05, 3.63) is 35.4 Å². The van der Waals surface area contributed by atoms with Crippen LogP contribution in [0.15, 0.2) is 24.3 Å². The molecule has 5 heteroatoms. The zero-order valence-corrected chi connectivity index (χ0v) is 9.93. The molecule has 17 heavy (non-hydrogen) atoms. The van der Waals surface area contributed by atoms with E-state index >= 15 is 0 Å². The Morgan fingerprint density at radius 2 is 1.71 bits per heavy atom. The maximum atomic E-state index is 11.5. The second-order valence-corrected chi connectivity index (χ2v) is 3.22. The van der Waals surface area contributed by atoms with E-state index < -0.39 is 18.0 Å². The van der Waals surface area contributed by atoms with Crippen LogP contribution >= 0.6 is 0 Å². The van der Waals surface area contributed by atoms with Crippen LogP contribution in [0.2, 0.25) is 0 Å². The van der Waals surface area contributed by atoms with Gasteiger partial charge in [-0.25, -0.2) is 9.59 Å². The van der Waals surface area contributed by atoms with Gasteiger partial charge in [-0.3, -0.25) is 0 Å². The fourth-order valence-corrected chi connectivity index (χ4v) is 1.48. The summed E-state index contributed by atoms with van der Waals surface area (Å²) in [6.07, 6.45) is -0.935. The number of carbonyl (C=O) groups is 2. The van der Waals surface area contributed by atoms with Gasteiger partial charge in [0.05, 0.1) is 19.8 Å². The molecule has 0 saturated heterocycles. The van der Waals surface area contributed by atoms with Crippen molar-refractivity contribution < 1.29 is 23.8 Å². The average molecular weight is 238 g/mol. The molecule has 0 amide bonds. The van der Waals surface area contributed by atoms with Crippen LogP contribution in [0, 0.1) is 0 Å². The van der Waals surface area contributed by atoms with E-state index in [1.807, 2.05) is 0 Å². The second-order valence-electron chi connectivity index (χ2n) is 3.22. The molecule has 1 rings (SSSR count). The fraction of sp³-hybridized carbons (Fsp3) is 0.333. The Labute approximate surface area is 99.3 Å². The minimum Gasteiger partial charge on any atom is -0.467 e. The molecule has 1 atom stereocenters. The Morgan fingerprint density at radius 3 is 2.24 bits per heavy atom. The molecular weight excluding hydrogens is 224 g/mol. The standard InChI is InChI=1S/C12H14O5/c1-15-10(12(14)17-3)8-6-4-5-7-9(8)11(13)16-2/h4-7,10H,1-3H3. The molecule has 0 spiro atoms. The maximum Gasteiger partial charge on any atom is 0.339 e. The van der Waals surface area contributed by atoms with Crippen LogP contribution in [0.4, 0.5) is 0 Å². The van der Waals surface area contributed by atoms with E-state index in [9.17, 15) is 9.59 Å². The Hall–Kier alpha value is -1.88. The summed E-state index contributed by atoms with van der Waals surface area (Å²) in [6, 6.07) is 6.57. The molecule has 0 bridgehead atoms. The number of hydrogen-bond donors (Lipinski definition) is 0. The first-order valence-corrected chi connectivity index (χ1v) is 4.93. The summed E-state index contributed by atoms with van der Waals surface area (Å²) in [6.45, 7) is 0. The van der Waals surface area contributed by atoms with Gasteiger partial charge in [-0.2, -0.15) is 0 Å². The van der Waals surface area contributed by atoms with E-state index in [1.165, 1.54) is 21.3 Å². The zero-order chi connectivity index (χ0) is 12.8. The molecule has 0 aliphatic heterocycles. The number of carbonyl (C=O) groups excluding carboxylic acids is 2. The van der Waals surface area contributed by atoms with Crippen LogP contribution in [-0.4, -0.2) is 33.3 Å². The van der Waals surface area contributed by atoms with Gasteiger partial charge in [0, 0.05) is 12.7 Å². The number of hydrogen-bond acceptors (Lipinski definition) is 5. The summed E-state index contributed by atoms with van der Waals surface area (Å²) >= 11 is 0. The summed E-state index contributed by atoms with van der Waals surface area (Å²) in [5, 5.41) is 0. The molecule has 0 saturated carbocycles. The largest absolute Gasteiger partial charge is 0.467 e. The Morgan fingerprint density at radius 1 is 1.06 bits per heavy atom. The number of benzene rings is 1. The summed E-state index contributed by atoms with van der Waals surface area (Å²) in [7, 11) is 3.91. The third kappa shape index (κ3) is 2.82. The third-order valence-corrected chi connectivity index (χ3v) is 2.30. The normalized spacial score (nSPS) is 11.7. The lowest BCUT2D eigenvalue weighted by molar-refractivity contribution is -0.152. The zero-order valence-electron chi connectivity index (χ0n) is 9.93. The van der Waals surface area contributed by atoms with Gasteiger partial charge >= 0.3 is 11.9 Å². The van der Waals surface area contributed by atoms with Crippen molar-refractivity contribution in [3.8, 4) is 0 Å². The molecule has 0 radical (unpaired) electrons. The minimum atomic E-state index is -0.935. The molecule has 0 aromatic heterocycles. The molecule has 92 valence electrons. The maximum absolute atomic E-state index is 11.5. The van der Waals surface area contributed by atoms with E-state index in [-0.39, 0.29) is 5.56 Å². The molecule has 1 aromatic rings. The van der Waals surface area contributed by atoms with Crippen LogP contribution in [0.5, 0.6) is 0 Å². The monoisotopic (exact) mass is 238 g/mol. The van der Waals surface area contributed by atoms with Crippen LogP contribution in [0.3, 0.4) is 0 Å². The molecule has 0 N–H and O–H groups in total. The minimum absolute atomic E-state index is 0.284. The molecule has 0 aliphatic carbocycles. The SMILES string of the molecule is COC(=O)c1ccccc1C(OC)C(=O)OC. The van der Waals surface area contributed by atoms with Crippen LogP contribution < -0.4 is 0 Å². The first-order valence-electron chi connectivity index (χ1n) is 4.93. The van der Waals surface area contributed by atoms with Gasteiger partial charge in [0.15, 0.2) is 6.10 Å². The fourth-order valence-electron chi connectivity index (χ4n) is 1.48. The smallest absolute Gasteiger partial charge is 0.339 e. The molecule has 0 fully saturated rings. The Bertz CT molecular complexity index is 413. The van der Waals surface area contributed by atoms with Crippen molar-refractivity contribution in [2.45, 2.75) is 6.10 Å². The third-order valence-electron chi connectivity index (χ3n) is 2.30. The summed E-state index contributed by atoms with van der Waals surface area (Å²) < 4.78 is 14.3. The highest BCUT2D eigenvalue weighted by atomic mass is 16.6. The summed E-state index contributed by atoms with van der Waals surface area (Å²) in [5.74, 6) is -1.09. The number of methoxy groups -OCH3 is 3. The van der Waals surface area contributed by atoms with Crippen molar-refractivity contribution >= 4 is 11.9 Å². The summed E-state index contributed by atoms with van der Waals surface area (Å²) in [5.41, 5.74) is 0.709. The molecule has 1 unspecified atom stereocenters. The lowest BCUT2D eigenvalue weighted by Crippen LogP contribution is -2.19. The van der Waals surface area contributed by atoms with E-state index in [2.05, 4.69) is 9.47 Å². The van der Waals surface area contributed by atoms with Crippen molar-refractivity contribution in [1.82, 2.24) is 0 Å². The lowest BCUT2D eigenvalue weighted by Gasteiger charge is -2.15. The quantitative estimate of drug-likeness (QED) is 0.740. The topological polar surface area (TPSA) is 61.8 Å². The van der Waals surface area contributed by atoms with Crippen molar-refractivity contribution in [2.75, 3.05) is 21.3 Å². The van der Waals surface area contributed by atoms with Crippen LogP contribution in [0.25, 0.3) is 0 Å².